The average Bonchev–Trinajstić information content (AvgIpc) is 3.03. The van der Waals surface area contributed by atoms with Crippen LogP contribution in [0.3, 0.4) is 0 Å². The molecule has 0 saturated carbocycles. The zero-order valence-corrected chi connectivity index (χ0v) is 23.3. The number of carbonyl (C=O) groups excluding carboxylic acids is 3. The third-order valence-corrected chi connectivity index (χ3v) is 6.46. The smallest absolute Gasteiger partial charge is 0.408 e. The number of benzene rings is 4. The maximum absolute atomic E-state index is 13.3. The second kappa shape index (κ2) is 13.8. The second-order valence-corrected chi connectivity index (χ2v) is 9.69. The van der Waals surface area contributed by atoms with E-state index >= 15 is 0 Å². The van der Waals surface area contributed by atoms with Gasteiger partial charge in [-0.15, -0.1) is 0 Å². The molecule has 1 atom stereocenters. The Morgan fingerprint density at radius 3 is 2.00 bits per heavy atom. The van der Waals surface area contributed by atoms with E-state index in [-0.39, 0.29) is 35.7 Å². The Kier molecular flexibility index (Phi) is 9.31. The number of carbonyl (C=O) groups is 3. The van der Waals surface area contributed by atoms with Crippen LogP contribution in [0.15, 0.2) is 118 Å². The Balaban J connectivity index is 1.34. The molecular weight excluding hydrogens is 566 g/mol. The minimum Gasteiger partial charge on any atom is -0.507 e. The number of amides is 1. The Bertz CT molecular complexity index is 1760. The summed E-state index contributed by atoms with van der Waals surface area (Å²) >= 11 is 0. The highest BCUT2D eigenvalue weighted by Crippen LogP contribution is 2.31. The van der Waals surface area contributed by atoms with Gasteiger partial charge in [-0.05, 0) is 11.1 Å². The summed E-state index contributed by atoms with van der Waals surface area (Å²) in [4.78, 5) is 51.3. The van der Waals surface area contributed by atoms with Crippen molar-refractivity contribution in [2.75, 3.05) is 0 Å². The average molecular weight is 594 g/mol. The molecule has 0 aliphatic rings. The second-order valence-electron chi connectivity index (χ2n) is 9.69. The molecule has 1 aromatic heterocycles. The number of phenols is 1. The zero-order chi connectivity index (χ0) is 30.9. The molecule has 0 saturated heterocycles. The van der Waals surface area contributed by atoms with E-state index in [9.17, 15) is 24.3 Å². The van der Waals surface area contributed by atoms with Gasteiger partial charge < -0.3 is 29.1 Å². The van der Waals surface area contributed by atoms with E-state index in [1.54, 1.807) is 72.8 Å². The summed E-state index contributed by atoms with van der Waals surface area (Å²) in [6.07, 6.45) is -1.54. The zero-order valence-electron chi connectivity index (χ0n) is 23.3. The predicted molar refractivity (Wildman–Crippen MR) is 160 cm³/mol. The number of aromatic hydroxyl groups is 1. The maximum Gasteiger partial charge on any atom is 0.408 e. The Morgan fingerprint density at radius 1 is 0.773 bits per heavy atom. The van der Waals surface area contributed by atoms with Crippen LogP contribution in [0.25, 0.3) is 22.3 Å². The van der Waals surface area contributed by atoms with Gasteiger partial charge in [-0.3, -0.25) is 9.59 Å². The Labute approximate surface area is 251 Å². The van der Waals surface area contributed by atoms with Gasteiger partial charge in [-0.2, -0.15) is 0 Å². The molecule has 10 nitrogen and oxygen atoms in total. The van der Waals surface area contributed by atoms with Crippen LogP contribution < -0.4 is 15.5 Å². The molecule has 0 fully saturated rings. The molecule has 0 aliphatic heterocycles. The van der Waals surface area contributed by atoms with Crippen molar-refractivity contribution < 1.29 is 38.1 Å². The lowest BCUT2D eigenvalue weighted by Crippen LogP contribution is -2.44. The summed E-state index contributed by atoms with van der Waals surface area (Å²) in [5.74, 6) is -2.24. The lowest BCUT2D eigenvalue weighted by molar-refractivity contribution is -0.149. The number of alkyl carbamates (subject to hydrolysis) is 1. The van der Waals surface area contributed by atoms with Crippen molar-refractivity contribution in [1.29, 1.82) is 0 Å². The molecule has 0 radical (unpaired) electrons. The first-order valence-corrected chi connectivity index (χ1v) is 13.6. The highest BCUT2D eigenvalue weighted by Gasteiger charge is 2.28. The van der Waals surface area contributed by atoms with E-state index in [4.69, 9.17) is 18.6 Å². The number of ether oxygens (including phenoxy) is 3. The molecule has 0 aliphatic carbocycles. The van der Waals surface area contributed by atoms with Crippen LogP contribution in [-0.4, -0.2) is 29.2 Å². The van der Waals surface area contributed by atoms with Crippen molar-refractivity contribution in [2.24, 2.45) is 0 Å². The van der Waals surface area contributed by atoms with Gasteiger partial charge in [0.25, 0.3) is 0 Å². The fourth-order valence-electron chi connectivity index (χ4n) is 4.30. The van der Waals surface area contributed by atoms with Crippen LogP contribution in [0.1, 0.15) is 17.5 Å². The first-order chi connectivity index (χ1) is 21.4. The normalized spacial score (nSPS) is 11.4. The molecule has 0 unspecified atom stereocenters. The standard InChI is InChI=1S/C34H27NO9/c36-27-16-25(17-30-32(27)28(37)19-29(44-30)24-14-8-3-9-15-24)43-33(39)26(18-31(38)41-20-22-10-4-1-5-11-22)35-34(40)42-21-23-12-6-2-7-13-23/h1-17,19,26,36H,18,20-21H2,(H,35,40)/t26-/m0/s1. The summed E-state index contributed by atoms with van der Waals surface area (Å²) < 4.78 is 21.8. The number of fused-ring (bicyclic) bond motifs is 1. The lowest BCUT2D eigenvalue weighted by Gasteiger charge is -2.17. The predicted octanol–water partition coefficient (Wildman–Crippen LogP) is 5.50. The van der Waals surface area contributed by atoms with Crippen LogP contribution in [0, 0.1) is 0 Å². The van der Waals surface area contributed by atoms with Gasteiger partial charge in [0.2, 0.25) is 0 Å². The van der Waals surface area contributed by atoms with Crippen molar-refractivity contribution in [1.82, 2.24) is 5.32 Å². The topological polar surface area (TPSA) is 141 Å². The lowest BCUT2D eigenvalue weighted by atomic mass is 10.1. The summed E-state index contributed by atoms with van der Waals surface area (Å²) in [5.41, 5.74) is 1.54. The van der Waals surface area contributed by atoms with E-state index < -0.39 is 41.7 Å². The van der Waals surface area contributed by atoms with E-state index in [2.05, 4.69) is 5.32 Å². The third kappa shape index (κ3) is 7.68. The molecule has 5 aromatic rings. The Hall–Kier alpha value is -5.90. The fraction of sp³-hybridized carbons (Fsp3) is 0.118. The number of phenolic OH excluding ortho intramolecular Hbond substituents is 1. The molecule has 4 aromatic carbocycles. The summed E-state index contributed by atoms with van der Waals surface area (Å²) in [6, 6.07) is 28.8. The number of hydrogen-bond donors (Lipinski definition) is 2. The van der Waals surface area contributed by atoms with E-state index in [0.29, 0.717) is 11.1 Å². The molecule has 1 heterocycles. The summed E-state index contributed by atoms with van der Waals surface area (Å²) in [5, 5.41) is 12.8. The van der Waals surface area contributed by atoms with Gasteiger partial charge in [0.1, 0.15) is 47.5 Å². The van der Waals surface area contributed by atoms with Gasteiger partial charge in [0.05, 0.1) is 6.42 Å². The van der Waals surface area contributed by atoms with Crippen molar-refractivity contribution in [3.8, 4) is 22.8 Å². The largest absolute Gasteiger partial charge is 0.507 e. The molecule has 1 amide bonds. The number of hydrogen-bond acceptors (Lipinski definition) is 9. The van der Waals surface area contributed by atoms with Crippen molar-refractivity contribution >= 4 is 29.0 Å². The first kappa shape index (κ1) is 29.6. The molecule has 44 heavy (non-hydrogen) atoms. The highest BCUT2D eigenvalue weighted by atomic mass is 16.6. The van der Waals surface area contributed by atoms with Crippen molar-refractivity contribution in [3.63, 3.8) is 0 Å². The SMILES string of the molecule is O=C(C[C@H](NC(=O)OCc1ccccc1)C(=O)Oc1cc(O)c2c(=O)cc(-c3ccccc3)oc2c1)OCc1ccccc1. The molecule has 0 bridgehead atoms. The van der Waals surface area contributed by atoms with Gasteiger partial charge in [0.15, 0.2) is 5.43 Å². The van der Waals surface area contributed by atoms with Crippen LogP contribution in [0.4, 0.5) is 4.79 Å². The van der Waals surface area contributed by atoms with Gasteiger partial charge in [-0.25, -0.2) is 9.59 Å². The van der Waals surface area contributed by atoms with Crippen LogP contribution in [-0.2, 0) is 32.3 Å². The monoisotopic (exact) mass is 593 g/mol. The van der Waals surface area contributed by atoms with E-state index in [1.807, 2.05) is 18.2 Å². The van der Waals surface area contributed by atoms with Crippen molar-refractivity contribution in [3.05, 3.63) is 131 Å². The van der Waals surface area contributed by atoms with Crippen LogP contribution in [0.2, 0.25) is 0 Å². The van der Waals surface area contributed by atoms with Crippen LogP contribution >= 0.6 is 0 Å². The molecule has 0 spiro atoms. The summed E-state index contributed by atoms with van der Waals surface area (Å²) in [7, 11) is 0. The third-order valence-electron chi connectivity index (χ3n) is 6.46. The van der Waals surface area contributed by atoms with Crippen LogP contribution in [0.5, 0.6) is 11.5 Å². The highest BCUT2D eigenvalue weighted by molar-refractivity contribution is 5.90. The summed E-state index contributed by atoms with van der Waals surface area (Å²) in [6.45, 7) is -0.116. The Morgan fingerprint density at radius 2 is 1.36 bits per heavy atom. The maximum atomic E-state index is 13.3. The number of nitrogens with one attached hydrogen (secondary N) is 1. The van der Waals surface area contributed by atoms with Gasteiger partial charge in [0, 0.05) is 23.8 Å². The molecule has 222 valence electrons. The van der Waals surface area contributed by atoms with E-state index in [0.717, 1.165) is 11.6 Å². The molecule has 2 N–H and O–H groups in total. The molecule has 5 rings (SSSR count). The minimum absolute atomic E-state index is 0.0341. The van der Waals surface area contributed by atoms with Gasteiger partial charge in [-0.1, -0.05) is 91.0 Å². The van der Waals surface area contributed by atoms with Crippen molar-refractivity contribution in [2.45, 2.75) is 25.7 Å². The molecule has 10 heteroatoms. The molecular formula is C34H27NO9. The fourth-order valence-corrected chi connectivity index (χ4v) is 4.30. The number of esters is 2. The number of rotatable bonds is 10. The first-order valence-electron chi connectivity index (χ1n) is 13.6. The van der Waals surface area contributed by atoms with Gasteiger partial charge >= 0.3 is 18.0 Å². The van der Waals surface area contributed by atoms with E-state index in [1.165, 1.54) is 12.1 Å². The quantitative estimate of drug-likeness (QED) is 0.159. The minimum atomic E-state index is -1.51.